The van der Waals surface area contributed by atoms with Crippen molar-refractivity contribution in [3.8, 4) is 0 Å². The summed E-state index contributed by atoms with van der Waals surface area (Å²) in [6.07, 6.45) is 3.70. The first-order valence-corrected chi connectivity index (χ1v) is 9.61. The van der Waals surface area contributed by atoms with E-state index in [2.05, 4.69) is 41.5 Å². The summed E-state index contributed by atoms with van der Waals surface area (Å²) in [4.78, 5) is 9.32. The smallest absolute Gasteiger partial charge is 0.192 e. The van der Waals surface area contributed by atoms with E-state index in [1.54, 1.807) is 0 Å². The Balaban J connectivity index is 1.49. The highest BCUT2D eigenvalue weighted by atomic mass is 16.5. The summed E-state index contributed by atoms with van der Waals surface area (Å²) in [6, 6.07) is 0.576. The van der Waals surface area contributed by atoms with Crippen LogP contribution in [-0.4, -0.2) is 46.0 Å². The summed E-state index contributed by atoms with van der Waals surface area (Å²) < 4.78 is 7.95. The fourth-order valence-electron chi connectivity index (χ4n) is 4.83. The van der Waals surface area contributed by atoms with Gasteiger partial charge in [0.1, 0.15) is 11.6 Å². The molecule has 1 aromatic rings. The second-order valence-corrected chi connectivity index (χ2v) is 8.09. The van der Waals surface area contributed by atoms with E-state index in [4.69, 9.17) is 9.73 Å². The van der Waals surface area contributed by atoms with Gasteiger partial charge in [-0.05, 0) is 33.1 Å². The van der Waals surface area contributed by atoms with E-state index in [1.807, 2.05) is 11.6 Å². The molecule has 0 bridgehead atoms. The Hall–Kier alpha value is -1.63. The van der Waals surface area contributed by atoms with Crippen LogP contribution in [0, 0.1) is 18.3 Å². The Morgan fingerprint density at radius 1 is 1.36 bits per heavy atom. The van der Waals surface area contributed by atoms with Crippen LogP contribution >= 0.6 is 0 Å². The monoisotopic (exact) mass is 346 g/mol. The van der Waals surface area contributed by atoms with Crippen LogP contribution in [0.5, 0.6) is 0 Å². The van der Waals surface area contributed by atoms with Gasteiger partial charge in [0.05, 0.1) is 12.1 Å². The van der Waals surface area contributed by atoms with E-state index in [9.17, 15) is 0 Å². The molecule has 1 aromatic heterocycles. The van der Waals surface area contributed by atoms with Gasteiger partial charge in [-0.15, -0.1) is 0 Å². The molecule has 7 nitrogen and oxygen atoms in total. The molecule has 2 N–H and O–H groups in total. The fourth-order valence-corrected chi connectivity index (χ4v) is 4.83. The number of aliphatic imine (C=N–C) groups is 1. The highest BCUT2D eigenvalue weighted by Gasteiger charge is 2.59. The lowest BCUT2D eigenvalue weighted by Crippen LogP contribution is -2.68. The topological polar surface area (TPSA) is 76.4 Å². The molecule has 4 unspecified atom stereocenters. The maximum absolute atomic E-state index is 5.92. The van der Waals surface area contributed by atoms with Crippen molar-refractivity contribution in [2.45, 2.75) is 71.7 Å². The lowest BCUT2D eigenvalue weighted by molar-refractivity contribution is -0.106. The van der Waals surface area contributed by atoms with E-state index < -0.39 is 0 Å². The lowest BCUT2D eigenvalue weighted by atomic mass is 9.57. The molecular weight excluding hydrogens is 316 g/mol. The van der Waals surface area contributed by atoms with Gasteiger partial charge in [-0.2, -0.15) is 5.10 Å². The molecule has 0 spiro atoms. The summed E-state index contributed by atoms with van der Waals surface area (Å²) in [5.41, 5.74) is 0.139. The number of nitrogens with one attached hydrogen (secondary N) is 2. The van der Waals surface area contributed by atoms with E-state index in [1.165, 1.54) is 0 Å². The molecule has 2 fully saturated rings. The van der Waals surface area contributed by atoms with Crippen molar-refractivity contribution in [3.63, 3.8) is 0 Å². The van der Waals surface area contributed by atoms with Crippen molar-refractivity contribution < 1.29 is 4.74 Å². The molecule has 4 atom stereocenters. The molecule has 3 aliphatic rings. The molecule has 7 heteroatoms. The van der Waals surface area contributed by atoms with Gasteiger partial charge < -0.3 is 15.4 Å². The molecule has 0 aromatic carbocycles. The average molecular weight is 346 g/mol. The van der Waals surface area contributed by atoms with E-state index in [0.29, 0.717) is 18.1 Å². The molecule has 4 rings (SSSR count). The third kappa shape index (κ3) is 2.82. The van der Waals surface area contributed by atoms with Crippen molar-refractivity contribution in [1.29, 1.82) is 0 Å². The van der Waals surface area contributed by atoms with E-state index in [-0.39, 0.29) is 11.5 Å². The molecule has 3 heterocycles. The SMILES string of the molecule is CCN=C(NC1CCCn2nc(C)nc21)NC1C2CCOC2C1(C)C. The highest BCUT2D eigenvalue weighted by molar-refractivity contribution is 5.80. The van der Waals surface area contributed by atoms with Gasteiger partial charge in [-0.1, -0.05) is 13.8 Å². The van der Waals surface area contributed by atoms with Crippen LogP contribution in [0.15, 0.2) is 4.99 Å². The molecular formula is C18H30N6O. The fraction of sp³-hybridized carbons (Fsp3) is 0.833. The first-order chi connectivity index (χ1) is 12.0. The van der Waals surface area contributed by atoms with Crippen molar-refractivity contribution >= 4 is 5.96 Å². The first kappa shape index (κ1) is 16.8. The number of guanidine groups is 1. The van der Waals surface area contributed by atoms with Crippen LogP contribution in [0.1, 0.15) is 57.7 Å². The number of nitrogens with zero attached hydrogens (tertiary/aromatic N) is 4. The van der Waals surface area contributed by atoms with Gasteiger partial charge in [0.15, 0.2) is 5.96 Å². The number of aromatic nitrogens is 3. The van der Waals surface area contributed by atoms with Gasteiger partial charge in [0.25, 0.3) is 0 Å². The number of aryl methyl sites for hydroxylation is 2. The average Bonchev–Trinajstić information content (AvgIpc) is 3.17. The van der Waals surface area contributed by atoms with Gasteiger partial charge in [-0.3, -0.25) is 4.99 Å². The largest absolute Gasteiger partial charge is 0.377 e. The van der Waals surface area contributed by atoms with E-state index in [0.717, 1.165) is 56.6 Å². The van der Waals surface area contributed by atoms with Crippen molar-refractivity contribution in [1.82, 2.24) is 25.4 Å². The third-order valence-corrected chi connectivity index (χ3v) is 6.00. The molecule has 1 aliphatic carbocycles. The first-order valence-electron chi connectivity index (χ1n) is 9.61. The lowest BCUT2D eigenvalue weighted by Gasteiger charge is -2.55. The van der Waals surface area contributed by atoms with Gasteiger partial charge >= 0.3 is 0 Å². The van der Waals surface area contributed by atoms with Crippen LogP contribution in [0.4, 0.5) is 0 Å². The standard InChI is InChI=1S/C18H30N6O/c1-5-19-17(22-14-12-8-10-25-15(12)18(14,3)4)21-13-7-6-9-24-16(13)20-11(2)23-24/h12-15H,5-10H2,1-4H3,(H2,19,21,22). The van der Waals surface area contributed by atoms with Gasteiger partial charge in [0.2, 0.25) is 0 Å². The minimum atomic E-state index is 0.139. The summed E-state index contributed by atoms with van der Waals surface area (Å²) in [6.45, 7) is 11.2. The van der Waals surface area contributed by atoms with Crippen LogP contribution in [0.3, 0.4) is 0 Å². The number of rotatable bonds is 3. The van der Waals surface area contributed by atoms with E-state index >= 15 is 0 Å². The van der Waals surface area contributed by atoms with Gasteiger partial charge in [0, 0.05) is 37.1 Å². The molecule has 0 amide bonds. The number of hydrogen-bond acceptors (Lipinski definition) is 4. The Morgan fingerprint density at radius 2 is 2.20 bits per heavy atom. The zero-order valence-electron chi connectivity index (χ0n) is 15.7. The quantitative estimate of drug-likeness (QED) is 0.645. The minimum absolute atomic E-state index is 0.139. The Bertz CT molecular complexity index is 667. The van der Waals surface area contributed by atoms with Crippen LogP contribution in [-0.2, 0) is 11.3 Å². The zero-order valence-corrected chi connectivity index (χ0v) is 15.7. The van der Waals surface area contributed by atoms with Crippen LogP contribution in [0.25, 0.3) is 0 Å². The van der Waals surface area contributed by atoms with Gasteiger partial charge in [-0.25, -0.2) is 9.67 Å². The Morgan fingerprint density at radius 3 is 3.00 bits per heavy atom. The maximum Gasteiger partial charge on any atom is 0.192 e. The second kappa shape index (κ2) is 6.27. The molecule has 25 heavy (non-hydrogen) atoms. The normalized spacial score (nSPS) is 33.4. The molecule has 1 saturated carbocycles. The molecule has 1 saturated heterocycles. The predicted octanol–water partition coefficient (Wildman–Crippen LogP) is 1.79. The summed E-state index contributed by atoms with van der Waals surface area (Å²) in [5, 5.41) is 11.8. The molecule has 138 valence electrons. The third-order valence-electron chi connectivity index (χ3n) is 6.00. The zero-order chi connectivity index (χ0) is 17.6. The summed E-state index contributed by atoms with van der Waals surface area (Å²) in [5.74, 6) is 3.36. The molecule has 2 aliphatic heterocycles. The number of ether oxygens (including phenoxy) is 1. The number of fused-ring (bicyclic) bond motifs is 2. The second-order valence-electron chi connectivity index (χ2n) is 8.09. The summed E-state index contributed by atoms with van der Waals surface area (Å²) >= 11 is 0. The Labute approximate surface area is 149 Å². The minimum Gasteiger partial charge on any atom is -0.377 e. The predicted molar refractivity (Wildman–Crippen MR) is 96.4 cm³/mol. The Kier molecular flexibility index (Phi) is 4.22. The van der Waals surface area contributed by atoms with Crippen molar-refractivity contribution in [2.75, 3.05) is 13.2 Å². The number of hydrogen-bond donors (Lipinski definition) is 2. The summed E-state index contributed by atoms with van der Waals surface area (Å²) in [7, 11) is 0. The molecule has 0 radical (unpaired) electrons. The van der Waals surface area contributed by atoms with Crippen LogP contribution < -0.4 is 10.6 Å². The highest BCUT2D eigenvalue weighted by Crippen LogP contribution is 2.52. The van der Waals surface area contributed by atoms with Crippen molar-refractivity contribution in [2.24, 2.45) is 16.3 Å². The van der Waals surface area contributed by atoms with Crippen molar-refractivity contribution in [3.05, 3.63) is 11.6 Å². The van der Waals surface area contributed by atoms with Crippen LogP contribution in [0.2, 0.25) is 0 Å². The maximum atomic E-state index is 5.92.